The quantitative estimate of drug-likeness (QED) is 0.0770. The van der Waals surface area contributed by atoms with Crippen molar-refractivity contribution in [1.29, 1.82) is 0 Å². The van der Waals surface area contributed by atoms with Crippen LogP contribution in [-0.4, -0.2) is 51.0 Å². The molecule has 1 aliphatic carbocycles. The smallest absolute Gasteiger partial charge is 0.377 e. The van der Waals surface area contributed by atoms with Crippen molar-refractivity contribution in [3.8, 4) is 0 Å². The van der Waals surface area contributed by atoms with Crippen LogP contribution in [-0.2, 0) is 4.79 Å². The highest BCUT2D eigenvalue weighted by molar-refractivity contribution is 14.1. The Hall–Kier alpha value is 0.300. The predicted molar refractivity (Wildman–Crippen MR) is 140 cm³/mol. The third kappa shape index (κ3) is 7.98. The van der Waals surface area contributed by atoms with Crippen molar-refractivity contribution in [1.82, 2.24) is 0 Å². The first kappa shape index (κ1) is 36.3. The maximum atomic E-state index is 14.1. The van der Waals surface area contributed by atoms with Crippen molar-refractivity contribution in [3.05, 3.63) is 18.8 Å². The van der Waals surface area contributed by atoms with Crippen LogP contribution in [0.4, 0.5) is 52.7 Å². The first-order valence-corrected chi connectivity index (χ1v) is 14.1. The van der Waals surface area contributed by atoms with E-state index in [1.54, 1.807) is 67.8 Å². The summed E-state index contributed by atoms with van der Waals surface area (Å²) in [7, 11) is 0. The van der Waals surface area contributed by atoms with Crippen molar-refractivity contribution in [2.45, 2.75) is 91.3 Å². The summed E-state index contributed by atoms with van der Waals surface area (Å²) in [5, 5.41) is 9.68. The Balaban J connectivity index is 3.07. The van der Waals surface area contributed by atoms with E-state index in [1.165, 1.54) is 6.08 Å². The van der Waals surface area contributed by atoms with E-state index < -0.39 is 71.1 Å². The number of aliphatic carboxylic acids is 1. The average molecular weight is 914 g/mol. The minimum absolute atomic E-state index is 0.0357. The minimum atomic E-state index is -6.36. The van der Waals surface area contributed by atoms with Crippen LogP contribution in [0, 0.1) is 5.92 Å². The highest BCUT2D eigenvalue weighted by Crippen LogP contribution is 2.55. The molecule has 1 aliphatic rings. The Kier molecular flexibility index (Phi) is 12.9. The number of carbonyl (C=O) groups is 1. The van der Waals surface area contributed by atoms with E-state index in [0.717, 1.165) is 0 Å². The fourth-order valence-corrected chi connectivity index (χ4v) is 7.39. The Bertz CT molecular complexity index is 908. The summed E-state index contributed by atoms with van der Waals surface area (Å²) in [5.74, 6) is -24.9. The van der Waals surface area contributed by atoms with Gasteiger partial charge in [0, 0.05) is 20.0 Å². The molecule has 0 bridgehead atoms. The van der Waals surface area contributed by atoms with E-state index in [4.69, 9.17) is 0 Å². The molecule has 222 valence electrons. The second-order valence-electron chi connectivity index (χ2n) is 8.66. The van der Waals surface area contributed by atoms with Crippen molar-refractivity contribution < 1.29 is 62.6 Å². The fraction of sp³-hybridized carbons (Fsp3) is 0.762. The molecule has 2 nitrogen and oxygen atoms in total. The topological polar surface area (TPSA) is 37.3 Å². The highest BCUT2D eigenvalue weighted by Gasteiger charge is 2.74. The number of rotatable bonds is 15. The number of carboxylic acid groups (broad SMARTS) is 1. The molecule has 0 saturated heterocycles. The Morgan fingerprint density at radius 2 is 1.42 bits per heavy atom. The van der Waals surface area contributed by atoms with Gasteiger partial charge in [0.05, 0.1) is 9.34 Å². The molecule has 0 fully saturated rings. The average Bonchev–Trinajstić information content (AvgIpc) is 2.77. The van der Waals surface area contributed by atoms with Crippen LogP contribution in [0.15, 0.2) is 18.8 Å². The van der Waals surface area contributed by atoms with Crippen LogP contribution in [0.3, 0.4) is 0 Å². The van der Waals surface area contributed by atoms with Crippen LogP contribution in [0.2, 0.25) is 0 Å². The molecule has 0 heterocycles. The van der Waals surface area contributed by atoms with Crippen molar-refractivity contribution >= 4 is 73.7 Å². The molecule has 0 amide bonds. The van der Waals surface area contributed by atoms with E-state index in [1.807, 2.05) is 0 Å². The molecule has 0 aromatic heterocycles. The molecule has 17 heteroatoms. The fourth-order valence-electron chi connectivity index (χ4n) is 3.66. The van der Waals surface area contributed by atoms with E-state index in [0.29, 0.717) is 0 Å². The third-order valence-electron chi connectivity index (χ3n) is 5.95. The summed E-state index contributed by atoms with van der Waals surface area (Å²) < 4.78 is 156. The number of alkyl halides is 13. The first-order chi connectivity index (χ1) is 17.1. The summed E-state index contributed by atoms with van der Waals surface area (Å²) in [6, 6.07) is 0. The van der Waals surface area contributed by atoms with Crippen LogP contribution in [0.25, 0.3) is 0 Å². The molecule has 38 heavy (non-hydrogen) atoms. The molecule has 0 aliphatic heterocycles. The van der Waals surface area contributed by atoms with Gasteiger partial charge in [-0.1, -0.05) is 47.9 Å². The molecule has 0 radical (unpaired) electrons. The van der Waals surface area contributed by atoms with Crippen molar-refractivity contribution in [2.24, 2.45) is 5.92 Å². The highest BCUT2D eigenvalue weighted by atomic mass is 127. The number of halogens is 15. The van der Waals surface area contributed by atoms with Gasteiger partial charge >= 0.3 is 42.5 Å². The maximum Gasteiger partial charge on any atom is 0.377 e. The molecule has 0 spiro atoms. The van der Waals surface area contributed by atoms with Crippen LogP contribution in [0.1, 0.15) is 51.4 Å². The van der Waals surface area contributed by atoms with Gasteiger partial charge in [0.2, 0.25) is 0 Å². The molecule has 1 rings (SSSR count). The standard InChI is InChI=1S/C21H21F12I3O2/c22-15(23)18(26,27)7-4-2-1-3-6-17(36)11(14(37)38)9-12(34)10(13(17)35)5-8-19(28,29)21(32,33)20(30,31)16(24)25/h9,11,15-16H,1-8H2,(H,37,38). The maximum absolute atomic E-state index is 14.1. The Labute approximate surface area is 250 Å². The summed E-state index contributed by atoms with van der Waals surface area (Å²) in [6.07, 6.45) is -11.3. The van der Waals surface area contributed by atoms with Gasteiger partial charge in [-0.05, 0) is 70.0 Å². The number of hydrogen-bond acceptors (Lipinski definition) is 1. The van der Waals surface area contributed by atoms with Gasteiger partial charge in [0.25, 0.3) is 0 Å². The third-order valence-corrected chi connectivity index (χ3v) is 11.4. The zero-order valence-electron chi connectivity index (χ0n) is 19.0. The molecule has 0 saturated carbocycles. The minimum Gasteiger partial charge on any atom is -0.481 e. The molecular weight excluding hydrogens is 893 g/mol. The SMILES string of the molecule is O=C(O)C1C=C(I)C(CCC(F)(F)C(F)(F)C(F)(F)C(F)F)=C(I)C1(I)CCCCCCC(F)(F)C(F)F. The molecular formula is C21H21F12I3O2. The second-order valence-corrected chi connectivity index (χ2v) is 12.8. The lowest BCUT2D eigenvalue weighted by Crippen LogP contribution is -2.57. The van der Waals surface area contributed by atoms with E-state index in [-0.39, 0.29) is 44.8 Å². The lowest BCUT2D eigenvalue weighted by atomic mass is 9.81. The number of allylic oxidation sites excluding steroid dienone is 3. The Morgan fingerprint density at radius 1 is 0.895 bits per heavy atom. The van der Waals surface area contributed by atoms with E-state index >= 15 is 0 Å². The van der Waals surface area contributed by atoms with E-state index in [9.17, 15) is 62.6 Å². The zero-order chi connectivity index (χ0) is 29.9. The lowest BCUT2D eigenvalue weighted by molar-refractivity contribution is -0.339. The first-order valence-electron chi connectivity index (χ1n) is 10.8. The second kappa shape index (κ2) is 13.5. The summed E-state index contributed by atoms with van der Waals surface area (Å²) >= 11 is 4.92. The van der Waals surface area contributed by atoms with Crippen molar-refractivity contribution in [2.75, 3.05) is 0 Å². The van der Waals surface area contributed by atoms with Gasteiger partial charge < -0.3 is 5.11 Å². The monoisotopic (exact) mass is 914 g/mol. The van der Waals surface area contributed by atoms with Crippen LogP contribution in [0.5, 0.6) is 0 Å². The van der Waals surface area contributed by atoms with Gasteiger partial charge in [-0.15, -0.1) is 0 Å². The lowest BCUT2D eigenvalue weighted by Gasteiger charge is -2.38. The number of hydrogen-bond donors (Lipinski definition) is 1. The summed E-state index contributed by atoms with van der Waals surface area (Å²) in [4.78, 5) is 11.9. The Morgan fingerprint density at radius 3 is 1.89 bits per heavy atom. The van der Waals surface area contributed by atoms with Crippen LogP contribution >= 0.6 is 67.8 Å². The number of unbranched alkanes of at least 4 members (excludes halogenated alkanes) is 3. The van der Waals surface area contributed by atoms with E-state index in [2.05, 4.69) is 0 Å². The van der Waals surface area contributed by atoms with Gasteiger partial charge in [0.1, 0.15) is 0 Å². The summed E-state index contributed by atoms with van der Waals surface area (Å²) in [6.45, 7) is 0. The van der Waals surface area contributed by atoms with Gasteiger partial charge in [-0.3, -0.25) is 4.79 Å². The zero-order valence-corrected chi connectivity index (χ0v) is 25.5. The molecule has 2 unspecified atom stereocenters. The largest absolute Gasteiger partial charge is 0.481 e. The normalized spacial score (nSPS) is 21.9. The van der Waals surface area contributed by atoms with Crippen molar-refractivity contribution in [3.63, 3.8) is 0 Å². The van der Waals surface area contributed by atoms with Gasteiger partial charge in [0.15, 0.2) is 0 Å². The van der Waals surface area contributed by atoms with Gasteiger partial charge in [-0.25, -0.2) is 26.3 Å². The molecule has 0 aromatic rings. The molecule has 2 atom stereocenters. The molecule has 1 N–H and O–H groups in total. The van der Waals surface area contributed by atoms with Gasteiger partial charge in [-0.2, -0.15) is 26.3 Å². The van der Waals surface area contributed by atoms with Crippen LogP contribution < -0.4 is 0 Å². The molecule has 0 aromatic carbocycles. The predicted octanol–water partition coefficient (Wildman–Crippen LogP) is 10.1. The number of carboxylic acids is 1. The summed E-state index contributed by atoms with van der Waals surface area (Å²) in [5.41, 5.74) is -0.0505.